The molecule has 1 nitrogen and oxygen atoms in total. The van der Waals surface area contributed by atoms with Crippen molar-refractivity contribution in [3.8, 4) is 0 Å². The van der Waals surface area contributed by atoms with E-state index in [1.807, 2.05) is 18.3 Å². The maximum atomic E-state index is 7.36. The average Bonchev–Trinajstić information content (AvgIpc) is 2.32. The molecule has 1 aliphatic heterocycles. The summed E-state index contributed by atoms with van der Waals surface area (Å²) in [7, 11) is 0. The first-order chi connectivity index (χ1) is 5.27. The van der Waals surface area contributed by atoms with Crippen LogP contribution in [0, 0.1) is 0 Å². The van der Waals surface area contributed by atoms with Gasteiger partial charge in [-0.3, -0.25) is 4.99 Å². The van der Waals surface area contributed by atoms with Crippen molar-refractivity contribution in [1.29, 1.82) is 0 Å². The van der Waals surface area contributed by atoms with Crippen molar-refractivity contribution >= 4 is 11.9 Å². The van der Waals surface area contributed by atoms with Crippen molar-refractivity contribution in [2.45, 2.75) is 12.8 Å². The second-order valence-corrected chi connectivity index (χ2v) is 2.55. The van der Waals surface area contributed by atoms with Crippen LogP contribution >= 0.6 is 0 Å². The van der Waals surface area contributed by atoms with Gasteiger partial charge in [-0.25, -0.2) is 0 Å². The summed E-state index contributed by atoms with van der Waals surface area (Å²) in [6.07, 6.45) is 1.92. The van der Waals surface area contributed by atoms with Crippen LogP contribution in [0.5, 0.6) is 0 Å². The summed E-state index contributed by atoms with van der Waals surface area (Å²) in [5.74, 6) is 0.422. The Balaban J connectivity index is 2.58. The number of fused-ring (bicyclic) bond motifs is 1. The van der Waals surface area contributed by atoms with Gasteiger partial charge in [0.05, 0.1) is 7.06 Å². The molecule has 10 heavy (non-hydrogen) atoms. The molecule has 50 valence electrons. The Morgan fingerprint density at radius 2 is 2.50 bits per heavy atom. The monoisotopic (exact) mass is 132 g/mol. The Labute approximate surface area is 61.8 Å². The van der Waals surface area contributed by atoms with Crippen molar-refractivity contribution in [3.63, 3.8) is 0 Å². The molecular formula is C9H9N. The first-order valence-corrected chi connectivity index (χ1v) is 3.42. The molecule has 0 amide bonds. The largest absolute Gasteiger partial charge is 0.260 e. The first-order valence-electron chi connectivity index (χ1n) is 3.92. The van der Waals surface area contributed by atoms with Gasteiger partial charge in [0.2, 0.25) is 0 Å². The summed E-state index contributed by atoms with van der Waals surface area (Å²) >= 11 is 0. The highest BCUT2D eigenvalue weighted by molar-refractivity contribution is 5.79. The van der Waals surface area contributed by atoms with E-state index in [1.54, 1.807) is 6.07 Å². The van der Waals surface area contributed by atoms with Crippen LogP contribution in [0.25, 0.3) is 0 Å². The van der Waals surface area contributed by atoms with E-state index in [2.05, 4.69) is 11.9 Å². The Hall–Kier alpha value is -1.11. The Kier molecular flexibility index (Phi) is 0.906. The number of hydrogen-bond donors (Lipinski definition) is 0. The van der Waals surface area contributed by atoms with Gasteiger partial charge in [0.1, 0.15) is 0 Å². The van der Waals surface area contributed by atoms with E-state index >= 15 is 0 Å². The molecule has 1 heteroatoms. The Bertz CT molecular complexity index is 317. The van der Waals surface area contributed by atoms with Gasteiger partial charge < -0.3 is 0 Å². The zero-order valence-electron chi connectivity index (χ0n) is 6.83. The Morgan fingerprint density at radius 3 is 3.40 bits per heavy atom. The highest BCUT2D eigenvalue weighted by Gasteiger charge is 2.11. The van der Waals surface area contributed by atoms with Crippen LogP contribution in [0.2, 0.25) is 0 Å². The predicted octanol–water partition coefficient (Wildman–Crippen LogP) is 2.51. The van der Waals surface area contributed by atoms with E-state index in [9.17, 15) is 0 Å². The lowest BCUT2D eigenvalue weighted by Crippen LogP contribution is -1.86. The summed E-state index contributed by atoms with van der Waals surface area (Å²) in [5, 5.41) is 0. The minimum absolute atomic E-state index is 0.422. The summed E-state index contributed by atoms with van der Waals surface area (Å²) in [6.45, 7) is 2.11. The molecule has 0 aromatic heterocycles. The molecular weight excluding hydrogens is 122 g/mol. The fraction of sp³-hybridized carbons (Fsp3) is 0.222. The highest BCUT2D eigenvalue weighted by atomic mass is 14.8. The molecule has 2 rings (SSSR count). The van der Waals surface area contributed by atoms with E-state index in [0.717, 1.165) is 5.69 Å². The summed E-state index contributed by atoms with van der Waals surface area (Å²) < 4.78 is 7.36. The standard InChI is InChI=1S/C9H9N/c1-7-6-10-9-5-3-2-4-8(7)9/h2-7H,1H3/i3D. The number of hydrogen-bond acceptors (Lipinski definition) is 1. The molecule has 1 unspecified atom stereocenters. The topological polar surface area (TPSA) is 12.4 Å². The third-order valence-electron chi connectivity index (χ3n) is 1.80. The third-order valence-corrected chi connectivity index (χ3v) is 1.80. The predicted molar refractivity (Wildman–Crippen MR) is 43.0 cm³/mol. The number of benzene rings is 1. The fourth-order valence-corrected chi connectivity index (χ4v) is 1.20. The van der Waals surface area contributed by atoms with Crippen LogP contribution in [-0.2, 0) is 0 Å². The normalized spacial score (nSPS) is 22.5. The molecule has 1 aliphatic rings. The van der Waals surface area contributed by atoms with Gasteiger partial charge in [0.15, 0.2) is 0 Å². The lowest BCUT2D eigenvalue weighted by molar-refractivity contribution is 1.08. The molecule has 1 aromatic carbocycles. The third kappa shape index (κ3) is 0.670. The van der Waals surface area contributed by atoms with E-state index < -0.39 is 0 Å². The second-order valence-electron chi connectivity index (χ2n) is 2.55. The van der Waals surface area contributed by atoms with Crippen LogP contribution in [0.4, 0.5) is 5.69 Å². The van der Waals surface area contributed by atoms with E-state index in [1.165, 1.54) is 5.56 Å². The van der Waals surface area contributed by atoms with Crippen molar-refractivity contribution in [2.75, 3.05) is 0 Å². The quantitative estimate of drug-likeness (QED) is 0.514. The van der Waals surface area contributed by atoms with Gasteiger partial charge in [0, 0.05) is 12.1 Å². The molecule has 1 aromatic rings. The van der Waals surface area contributed by atoms with Gasteiger partial charge >= 0.3 is 0 Å². The fourth-order valence-electron chi connectivity index (χ4n) is 1.20. The van der Waals surface area contributed by atoms with Gasteiger partial charge in [-0.1, -0.05) is 25.1 Å². The van der Waals surface area contributed by atoms with Crippen LogP contribution in [-0.4, -0.2) is 6.21 Å². The minimum atomic E-state index is 0.422. The van der Waals surface area contributed by atoms with Crippen molar-refractivity contribution in [3.05, 3.63) is 29.8 Å². The van der Waals surface area contributed by atoms with Crippen LogP contribution in [0.15, 0.2) is 29.2 Å². The molecule has 0 N–H and O–H groups in total. The van der Waals surface area contributed by atoms with E-state index in [4.69, 9.17) is 1.37 Å². The van der Waals surface area contributed by atoms with Gasteiger partial charge in [-0.15, -0.1) is 0 Å². The highest BCUT2D eigenvalue weighted by Crippen LogP contribution is 2.30. The molecule has 0 spiro atoms. The second kappa shape index (κ2) is 1.94. The van der Waals surface area contributed by atoms with Gasteiger partial charge in [0.25, 0.3) is 0 Å². The Morgan fingerprint density at radius 1 is 1.60 bits per heavy atom. The molecule has 0 saturated carbocycles. The van der Waals surface area contributed by atoms with E-state index in [0.29, 0.717) is 12.0 Å². The maximum Gasteiger partial charge on any atom is 0.0664 e. The summed E-state index contributed by atoms with van der Waals surface area (Å²) in [6, 6.07) is 6.13. The average molecular weight is 132 g/mol. The molecule has 0 bridgehead atoms. The molecule has 1 atom stereocenters. The lowest BCUT2D eigenvalue weighted by atomic mass is 10.0. The number of rotatable bonds is 0. The lowest BCUT2D eigenvalue weighted by Gasteiger charge is -1.99. The van der Waals surface area contributed by atoms with Crippen molar-refractivity contribution in [2.24, 2.45) is 4.99 Å². The van der Waals surface area contributed by atoms with Crippen LogP contribution < -0.4 is 0 Å². The zero-order chi connectivity index (χ0) is 7.84. The smallest absolute Gasteiger partial charge is 0.0664 e. The van der Waals surface area contributed by atoms with Crippen molar-refractivity contribution in [1.82, 2.24) is 0 Å². The summed E-state index contributed by atoms with van der Waals surface area (Å²) in [5.41, 5.74) is 2.20. The van der Waals surface area contributed by atoms with Gasteiger partial charge in [-0.2, -0.15) is 0 Å². The molecule has 0 saturated heterocycles. The van der Waals surface area contributed by atoms with Crippen molar-refractivity contribution < 1.29 is 1.37 Å². The number of aliphatic imine (C=N–C) groups is 1. The zero-order valence-corrected chi connectivity index (χ0v) is 5.83. The van der Waals surface area contributed by atoms with E-state index in [-0.39, 0.29) is 0 Å². The first kappa shape index (κ1) is 4.67. The maximum absolute atomic E-state index is 7.36. The van der Waals surface area contributed by atoms with Crippen LogP contribution in [0.1, 0.15) is 19.8 Å². The molecule has 0 aliphatic carbocycles. The minimum Gasteiger partial charge on any atom is -0.260 e. The SMILES string of the molecule is [2H]c1ccc2c(c1)N=CC2C. The molecule has 0 fully saturated rings. The number of nitrogens with zero attached hydrogens (tertiary/aromatic N) is 1. The number of para-hydroxylation sites is 1. The van der Waals surface area contributed by atoms with Crippen LogP contribution in [0.3, 0.4) is 0 Å². The molecule has 1 heterocycles. The summed E-state index contributed by atoms with van der Waals surface area (Å²) in [4.78, 5) is 4.20. The molecule has 0 radical (unpaired) electrons. The van der Waals surface area contributed by atoms with Gasteiger partial charge in [-0.05, 0) is 11.6 Å².